The summed E-state index contributed by atoms with van der Waals surface area (Å²) in [5.41, 5.74) is 0.929. The molecule has 1 atom stereocenters. The van der Waals surface area contributed by atoms with E-state index in [-0.39, 0.29) is 24.0 Å². The highest BCUT2D eigenvalue weighted by atomic mass is 127. The van der Waals surface area contributed by atoms with E-state index in [9.17, 15) is 0 Å². The van der Waals surface area contributed by atoms with Crippen molar-refractivity contribution < 1.29 is 18.6 Å². The van der Waals surface area contributed by atoms with Gasteiger partial charge in [-0.2, -0.15) is 0 Å². The summed E-state index contributed by atoms with van der Waals surface area (Å²) in [6, 6.07) is 9.72. The average molecular weight is 570 g/mol. The van der Waals surface area contributed by atoms with Gasteiger partial charge in [-0.05, 0) is 56.6 Å². The van der Waals surface area contributed by atoms with E-state index in [4.69, 9.17) is 23.6 Å². The predicted molar refractivity (Wildman–Crippen MR) is 140 cm³/mol. The number of furan rings is 1. The Bertz CT molecular complexity index is 862. The van der Waals surface area contributed by atoms with Crippen LogP contribution < -0.4 is 20.1 Å². The molecular formula is C24H35IN4O4. The highest BCUT2D eigenvalue weighted by molar-refractivity contribution is 14.0. The normalized spacial score (nSPS) is 18.5. The molecule has 0 saturated carbocycles. The van der Waals surface area contributed by atoms with Gasteiger partial charge in [0, 0.05) is 44.4 Å². The van der Waals surface area contributed by atoms with Crippen molar-refractivity contribution in [1.29, 1.82) is 0 Å². The Kier molecular flexibility index (Phi) is 10.6. The van der Waals surface area contributed by atoms with Crippen molar-refractivity contribution in [2.24, 2.45) is 10.9 Å². The molecule has 0 amide bonds. The van der Waals surface area contributed by atoms with Crippen molar-refractivity contribution in [2.75, 3.05) is 58.4 Å². The Hall–Kier alpha value is -1.98. The molecule has 4 rings (SSSR count). The molecule has 1 unspecified atom stereocenters. The lowest BCUT2D eigenvalue weighted by Gasteiger charge is -2.16. The molecule has 0 bridgehead atoms. The fourth-order valence-electron chi connectivity index (χ4n) is 3.86. The lowest BCUT2D eigenvalue weighted by atomic mass is 10.1. The fourth-order valence-corrected chi connectivity index (χ4v) is 3.86. The summed E-state index contributed by atoms with van der Waals surface area (Å²) in [5.74, 6) is 3.79. The fraction of sp³-hybridized carbons (Fsp3) is 0.542. The molecule has 8 nitrogen and oxygen atoms in total. The van der Waals surface area contributed by atoms with Crippen LogP contribution in [0, 0.1) is 5.92 Å². The van der Waals surface area contributed by atoms with Crippen LogP contribution in [0.1, 0.15) is 25.0 Å². The smallest absolute Gasteiger partial charge is 0.195 e. The number of aliphatic imine (C=N–C) groups is 1. The molecule has 1 aromatic carbocycles. The Labute approximate surface area is 213 Å². The third-order valence-electron chi connectivity index (χ3n) is 5.59. The number of guanidine groups is 1. The summed E-state index contributed by atoms with van der Waals surface area (Å²) in [6.45, 7) is 6.32. The van der Waals surface area contributed by atoms with Crippen molar-refractivity contribution in [3.63, 3.8) is 0 Å². The maximum absolute atomic E-state index is 5.82. The monoisotopic (exact) mass is 570 g/mol. The van der Waals surface area contributed by atoms with E-state index in [1.54, 1.807) is 6.26 Å². The Morgan fingerprint density at radius 3 is 2.88 bits per heavy atom. The molecule has 3 heterocycles. The molecule has 182 valence electrons. The number of nitrogens with one attached hydrogen (secondary N) is 2. The number of halogens is 1. The van der Waals surface area contributed by atoms with E-state index in [0.717, 1.165) is 67.9 Å². The van der Waals surface area contributed by atoms with Gasteiger partial charge < -0.3 is 34.2 Å². The van der Waals surface area contributed by atoms with Crippen LogP contribution in [0.3, 0.4) is 0 Å². The number of nitrogens with zero attached hydrogens (tertiary/aromatic N) is 2. The Morgan fingerprint density at radius 1 is 1.21 bits per heavy atom. The minimum Gasteiger partial charge on any atom is -0.490 e. The van der Waals surface area contributed by atoms with Crippen LogP contribution in [-0.4, -0.2) is 63.9 Å². The molecule has 2 aromatic rings. The Balaban J connectivity index is 0.00000306. The summed E-state index contributed by atoms with van der Waals surface area (Å²) in [4.78, 5) is 7.23. The van der Waals surface area contributed by atoms with Crippen LogP contribution in [0.15, 0.2) is 46.0 Å². The highest BCUT2D eigenvalue weighted by Crippen LogP contribution is 2.32. The van der Waals surface area contributed by atoms with Crippen molar-refractivity contribution >= 4 is 35.6 Å². The standard InChI is InChI=1S/C24H34N4O4.HI/c1-28-10-8-19(17-28)16-26-24(25-9-3-11-29-18-21-5-2-12-30-21)27-20-6-7-22-23(15-20)32-14-4-13-31-22;/h2,5-7,12,15,19H,3-4,8-11,13-14,16-18H2,1H3,(H2,25,26,27);1H. The number of likely N-dealkylation sites (tertiary alicyclic amines) is 1. The first-order valence-electron chi connectivity index (χ1n) is 11.5. The van der Waals surface area contributed by atoms with E-state index < -0.39 is 0 Å². The zero-order valence-electron chi connectivity index (χ0n) is 19.3. The first-order chi connectivity index (χ1) is 15.8. The largest absolute Gasteiger partial charge is 0.490 e. The molecule has 1 fully saturated rings. The second-order valence-corrected chi connectivity index (χ2v) is 8.36. The molecule has 9 heteroatoms. The van der Waals surface area contributed by atoms with E-state index >= 15 is 0 Å². The number of ether oxygens (including phenoxy) is 3. The maximum Gasteiger partial charge on any atom is 0.195 e. The summed E-state index contributed by atoms with van der Waals surface area (Å²) >= 11 is 0. The third-order valence-corrected chi connectivity index (χ3v) is 5.59. The van der Waals surface area contributed by atoms with E-state index in [0.29, 0.717) is 32.3 Å². The molecule has 1 saturated heterocycles. The molecule has 0 radical (unpaired) electrons. The molecule has 0 aliphatic carbocycles. The number of rotatable bonds is 9. The summed E-state index contributed by atoms with van der Waals surface area (Å²) in [5, 5.41) is 6.87. The van der Waals surface area contributed by atoms with Gasteiger partial charge in [0.25, 0.3) is 0 Å². The van der Waals surface area contributed by atoms with Gasteiger partial charge in [-0.3, -0.25) is 4.99 Å². The molecule has 2 aliphatic heterocycles. The predicted octanol–water partition coefficient (Wildman–Crippen LogP) is 3.98. The van der Waals surface area contributed by atoms with Crippen LogP contribution in [0.5, 0.6) is 11.5 Å². The van der Waals surface area contributed by atoms with Gasteiger partial charge in [-0.1, -0.05) is 0 Å². The second kappa shape index (κ2) is 13.7. The topological polar surface area (TPSA) is 80.5 Å². The first kappa shape index (κ1) is 25.6. The summed E-state index contributed by atoms with van der Waals surface area (Å²) < 4.78 is 22.5. The number of hydrogen-bond donors (Lipinski definition) is 2. The second-order valence-electron chi connectivity index (χ2n) is 8.36. The van der Waals surface area contributed by atoms with Crippen molar-refractivity contribution in [3.8, 4) is 11.5 Å². The van der Waals surface area contributed by atoms with E-state index in [2.05, 4.69) is 22.6 Å². The minimum atomic E-state index is 0. The summed E-state index contributed by atoms with van der Waals surface area (Å²) in [7, 11) is 2.17. The van der Waals surface area contributed by atoms with Gasteiger partial charge in [0.2, 0.25) is 0 Å². The van der Waals surface area contributed by atoms with E-state index in [1.807, 2.05) is 30.3 Å². The van der Waals surface area contributed by atoms with Gasteiger partial charge in [-0.25, -0.2) is 0 Å². The third kappa shape index (κ3) is 8.38. The zero-order chi connectivity index (χ0) is 22.0. The molecule has 2 aliphatic rings. The van der Waals surface area contributed by atoms with Gasteiger partial charge in [0.1, 0.15) is 12.4 Å². The van der Waals surface area contributed by atoms with Gasteiger partial charge >= 0.3 is 0 Å². The molecular weight excluding hydrogens is 535 g/mol. The number of benzene rings is 1. The molecule has 33 heavy (non-hydrogen) atoms. The van der Waals surface area contributed by atoms with Crippen LogP contribution >= 0.6 is 24.0 Å². The minimum absolute atomic E-state index is 0. The van der Waals surface area contributed by atoms with Gasteiger partial charge in [-0.15, -0.1) is 24.0 Å². The summed E-state index contributed by atoms with van der Waals surface area (Å²) in [6.07, 6.45) is 4.62. The van der Waals surface area contributed by atoms with Crippen LogP contribution in [0.2, 0.25) is 0 Å². The van der Waals surface area contributed by atoms with Crippen molar-refractivity contribution in [1.82, 2.24) is 10.2 Å². The average Bonchev–Trinajstić information content (AvgIpc) is 3.40. The molecule has 0 spiro atoms. The van der Waals surface area contributed by atoms with E-state index in [1.165, 1.54) is 6.42 Å². The lowest BCUT2D eigenvalue weighted by molar-refractivity contribution is 0.105. The van der Waals surface area contributed by atoms with Crippen LogP contribution in [-0.2, 0) is 11.3 Å². The quantitative estimate of drug-likeness (QED) is 0.205. The lowest BCUT2D eigenvalue weighted by Crippen LogP contribution is -2.33. The van der Waals surface area contributed by atoms with Gasteiger partial charge in [0.15, 0.2) is 17.5 Å². The maximum atomic E-state index is 5.82. The SMILES string of the molecule is CN1CCC(CN=C(NCCCOCc2ccco2)Nc2ccc3c(c2)OCCCO3)C1.I. The van der Waals surface area contributed by atoms with Crippen LogP contribution in [0.4, 0.5) is 5.69 Å². The first-order valence-corrected chi connectivity index (χ1v) is 11.5. The highest BCUT2D eigenvalue weighted by Gasteiger charge is 2.19. The Morgan fingerprint density at radius 2 is 2.09 bits per heavy atom. The number of fused-ring (bicyclic) bond motifs is 1. The molecule has 2 N–H and O–H groups in total. The van der Waals surface area contributed by atoms with Gasteiger partial charge in [0.05, 0.1) is 19.5 Å². The molecule has 1 aromatic heterocycles. The number of anilines is 1. The van der Waals surface area contributed by atoms with Crippen molar-refractivity contribution in [2.45, 2.75) is 25.9 Å². The zero-order valence-corrected chi connectivity index (χ0v) is 21.6. The van der Waals surface area contributed by atoms with Crippen molar-refractivity contribution in [3.05, 3.63) is 42.4 Å². The van der Waals surface area contributed by atoms with Crippen LogP contribution in [0.25, 0.3) is 0 Å². The number of hydrogen-bond acceptors (Lipinski definition) is 6.